The van der Waals surface area contributed by atoms with Gasteiger partial charge in [-0.05, 0) is 6.07 Å². The molecule has 1 fully saturated rings. The number of benzene rings is 1. The van der Waals surface area contributed by atoms with Crippen LogP contribution in [0.2, 0.25) is 0 Å². The van der Waals surface area contributed by atoms with Gasteiger partial charge in [0.15, 0.2) is 0 Å². The normalized spacial score (nSPS) is 14.6. The molecule has 1 amide bonds. The second kappa shape index (κ2) is 6.98. The van der Waals surface area contributed by atoms with Crippen molar-refractivity contribution in [2.45, 2.75) is 0 Å². The summed E-state index contributed by atoms with van der Waals surface area (Å²) in [6.45, 7) is 2.77. The summed E-state index contributed by atoms with van der Waals surface area (Å²) in [5, 5.41) is 0. The third-order valence-corrected chi connectivity index (χ3v) is 5.03. The largest absolute Gasteiger partial charge is 0.337 e. The van der Waals surface area contributed by atoms with Gasteiger partial charge in [-0.1, -0.05) is 30.3 Å². The van der Waals surface area contributed by atoms with Gasteiger partial charge in [-0.3, -0.25) is 4.79 Å². The Bertz CT molecular complexity index is 844. The average molecular weight is 351 g/mol. The summed E-state index contributed by atoms with van der Waals surface area (Å²) in [5.41, 5.74) is 3.48. The van der Waals surface area contributed by atoms with E-state index in [9.17, 15) is 4.79 Å². The van der Waals surface area contributed by atoms with E-state index in [-0.39, 0.29) is 5.91 Å². The predicted octanol–water partition coefficient (Wildman–Crippen LogP) is 2.56. The van der Waals surface area contributed by atoms with Crippen LogP contribution >= 0.6 is 11.3 Å². The lowest BCUT2D eigenvalue weighted by molar-refractivity contribution is 0.0751. The van der Waals surface area contributed by atoms with Gasteiger partial charge < -0.3 is 9.80 Å². The molecule has 0 saturated carbocycles. The van der Waals surface area contributed by atoms with Crippen LogP contribution in [0.15, 0.2) is 54.3 Å². The number of piperazine rings is 1. The minimum absolute atomic E-state index is 0.0509. The maximum Gasteiger partial charge on any atom is 0.266 e. The van der Waals surface area contributed by atoms with Gasteiger partial charge in [-0.15, -0.1) is 11.3 Å². The molecule has 0 spiro atoms. The molecule has 1 saturated heterocycles. The van der Waals surface area contributed by atoms with Crippen molar-refractivity contribution >= 4 is 23.2 Å². The van der Waals surface area contributed by atoms with Crippen molar-refractivity contribution < 1.29 is 4.79 Å². The van der Waals surface area contributed by atoms with Crippen molar-refractivity contribution in [2.75, 3.05) is 31.1 Å². The van der Waals surface area contributed by atoms with Gasteiger partial charge >= 0.3 is 0 Å². The van der Waals surface area contributed by atoms with Crippen LogP contribution in [0.1, 0.15) is 9.67 Å². The molecular formula is C18H17N5OS. The van der Waals surface area contributed by atoms with Crippen molar-refractivity contribution in [1.82, 2.24) is 19.9 Å². The first-order chi connectivity index (χ1) is 12.3. The standard InChI is InChI=1S/C18H17N5OS/c24-17(16-15(21-13-25-16)14-5-2-1-3-6-14)22-9-11-23(12-10-22)18-19-7-4-8-20-18/h1-8,13H,9-12H2. The third kappa shape index (κ3) is 3.23. The van der Waals surface area contributed by atoms with E-state index in [4.69, 9.17) is 0 Å². The maximum atomic E-state index is 12.9. The molecule has 1 aliphatic heterocycles. The molecule has 3 heterocycles. The number of anilines is 1. The van der Waals surface area contributed by atoms with Gasteiger partial charge in [0.2, 0.25) is 5.95 Å². The van der Waals surface area contributed by atoms with Gasteiger partial charge in [-0.2, -0.15) is 0 Å². The Balaban J connectivity index is 1.48. The van der Waals surface area contributed by atoms with E-state index in [1.807, 2.05) is 35.2 Å². The van der Waals surface area contributed by atoms with Crippen molar-refractivity contribution in [3.63, 3.8) is 0 Å². The summed E-state index contributed by atoms with van der Waals surface area (Å²) < 4.78 is 0. The minimum Gasteiger partial charge on any atom is -0.337 e. The quantitative estimate of drug-likeness (QED) is 0.726. The highest BCUT2D eigenvalue weighted by molar-refractivity contribution is 7.12. The molecule has 4 rings (SSSR count). The first-order valence-corrected chi connectivity index (χ1v) is 9.01. The van der Waals surface area contributed by atoms with Gasteiger partial charge in [0.1, 0.15) is 4.88 Å². The molecule has 1 aromatic carbocycles. The molecule has 0 radical (unpaired) electrons. The highest BCUT2D eigenvalue weighted by Gasteiger charge is 2.26. The zero-order valence-electron chi connectivity index (χ0n) is 13.6. The monoisotopic (exact) mass is 351 g/mol. The van der Waals surface area contributed by atoms with Crippen LogP contribution in [-0.2, 0) is 0 Å². The first-order valence-electron chi connectivity index (χ1n) is 8.13. The Morgan fingerprint density at radius 2 is 1.64 bits per heavy atom. The lowest BCUT2D eigenvalue weighted by Gasteiger charge is -2.34. The fraction of sp³-hybridized carbons (Fsp3) is 0.222. The molecule has 0 N–H and O–H groups in total. The zero-order valence-corrected chi connectivity index (χ0v) is 14.4. The van der Waals surface area contributed by atoms with E-state index >= 15 is 0 Å². The number of rotatable bonds is 3. The average Bonchev–Trinajstić information content (AvgIpc) is 3.19. The molecule has 0 bridgehead atoms. The van der Waals surface area contributed by atoms with E-state index in [0.717, 1.165) is 30.3 Å². The van der Waals surface area contributed by atoms with Crippen molar-refractivity contribution in [2.24, 2.45) is 0 Å². The van der Waals surface area contributed by atoms with E-state index in [1.54, 1.807) is 24.0 Å². The number of hydrogen-bond acceptors (Lipinski definition) is 6. The van der Waals surface area contributed by atoms with Gasteiger partial charge in [0.25, 0.3) is 5.91 Å². The highest BCUT2D eigenvalue weighted by Crippen LogP contribution is 2.27. The van der Waals surface area contributed by atoms with Crippen LogP contribution in [0.25, 0.3) is 11.3 Å². The number of carbonyl (C=O) groups is 1. The number of aromatic nitrogens is 3. The van der Waals surface area contributed by atoms with Crippen molar-refractivity contribution in [3.05, 3.63) is 59.2 Å². The van der Waals surface area contributed by atoms with Gasteiger partial charge in [-0.25, -0.2) is 15.0 Å². The van der Waals surface area contributed by atoms with Crippen LogP contribution in [0.3, 0.4) is 0 Å². The summed E-state index contributed by atoms with van der Waals surface area (Å²) in [6.07, 6.45) is 3.48. The lowest BCUT2D eigenvalue weighted by Crippen LogP contribution is -2.49. The number of hydrogen-bond donors (Lipinski definition) is 0. The van der Waals surface area contributed by atoms with E-state index in [0.29, 0.717) is 18.0 Å². The Kier molecular flexibility index (Phi) is 4.39. The van der Waals surface area contributed by atoms with E-state index in [2.05, 4.69) is 19.9 Å². The molecule has 6 nitrogen and oxygen atoms in total. The van der Waals surface area contributed by atoms with E-state index < -0.39 is 0 Å². The van der Waals surface area contributed by atoms with E-state index in [1.165, 1.54) is 11.3 Å². The lowest BCUT2D eigenvalue weighted by atomic mass is 10.1. The topological polar surface area (TPSA) is 62.2 Å². The summed E-state index contributed by atoms with van der Waals surface area (Å²) in [4.78, 5) is 30.6. The van der Waals surface area contributed by atoms with Crippen LogP contribution in [0, 0.1) is 0 Å². The second-order valence-corrected chi connectivity index (χ2v) is 6.58. The summed E-state index contributed by atoms with van der Waals surface area (Å²) in [6, 6.07) is 11.6. The van der Waals surface area contributed by atoms with Gasteiger partial charge in [0, 0.05) is 44.1 Å². The smallest absolute Gasteiger partial charge is 0.266 e. The second-order valence-electron chi connectivity index (χ2n) is 5.72. The molecule has 2 aromatic heterocycles. The van der Waals surface area contributed by atoms with Crippen LogP contribution in [0.5, 0.6) is 0 Å². The molecule has 0 aliphatic carbocycles. The predicted molar refractivity (Wildman–Crippen MR) is 97.7 cm³/mol. The Labute approximate surface area is 149 Å². The summed E-state index contributed by atoms with van der Waals surface area (Å²) in [7, 11) is 0. The molecule has 7 heteroatoms. The Morgan fingerprint density at radius 1 is 0.920 bits per heavy atom. The molecule has 3 aromatic rings. The SMILES string of the molecule is O=C(c1scnc1-c1ccccc1)N1CCN(c2ncccn2)CC1. The Morgan fingerprint density at radius 3 is 2.36 bits per heavy atom. The number of nitrogens with zero attached hydrogens (tertiary/aromatic N) is 5. The Hall–Kier alpha value is -2.80. The fourth-order valence-corrected chi connectivity index (χ4v) is 3.68. The third-order valence-electron chi connectivity index (χ3n) is 4.21. The molecule has 25 heavy (non-hydrogen) atoms. The molecular weight excluding hydrogens is 334 g/mol. The fourth-order valence-electron chi connectivity index (χ4n) is 2.91. The first kappa shape index (κ1) is 15.7. The van der Waals surface area contributed by atoms with Crippen molar-refractivity contribution in [3.8, 4) is 11.3 Å². The molecule has 0 atom stereocenters. The molecule has 1 aliphatic rings. The molecule has 0 unspecified atom stereocenters. The molecule has 126 valence electrons. The minimum atomic E-state index is 0.0509. The number of thiazole rings is 1. The van der Waals surface area contributed by atoms with Crippen LogP contribution in [-0.4, -0.2) is 51.9 Å². The van der Waals surface area contributed by atoms with Gasteiger partial charge in [0.05, 0.1) is 11.2 Å². The number of amides is 1. The highest BCUT2D eigenvalue weighted by atomic mass is 32.1. The zero-order chi connectivity index (χ0) is 17.1. The number of carbonyl (C=O) groups excluding carboxylic acids is 1. The van der Waals surface area contributed by atoms with Crippen molar-refractivity contribution in [1.29, 1.82) is 0 Å². The maximum absolute atomic E-state index is 12.9. The summed E-state index contributed by atoms with van der Waals surface area (Å²) in [5.74, 6) is 0.771. The summed E-state index contributed by atoms with van der Waals surface area (Å²) >= 11 is 1.40. The van der Waals surface area contributed by atoms with Crippen LogP contribution < -0.4 is 4.90 Å². The van der Waals surface area contributed by atoms with Crippen LogP contribution in [0.4, 0.5) is 5.95 Å².